The Morgan fingerprint density at radius 2 is 1.31 bits per heavy atom. The van der Waals surface area contributed by atoms with Gasteiger partial charge in [-0.15, -0.1) is 0 Å². The Bertz CT molecular complexity index is 766. The largest absolute Gasteiger partial charge is 0.558 e. The lowest BCUT2D eigenvalue weighted by Crippen LogP contribution is -2.60. The van der Waals surface area contributed by atoms with E-state index in [4.69, 9.17) is 13.3 Å². The predicted molar refractivity (Wildman–Crippen MR) is 104 cm³/mol. The van der Waals surface area contributed by atoms with Gasteiger partial charge in [-0.25, -0.2) is 16.8 Å². The maximum Gasteiger partial charge on any atom is 0.558 e. The van der Waals surface area contributed by atoms with Gasteiger partial charge in [0, 0.05) is 33.7 Å². The van der Waals surface area contributed by atoms with Gasteiger partial charge < -0.3 is 21.9 Å². The normalized spacial score (nSPS) is 23.2. The van der Waals surface area contributed by atoms with Crippen LogP contribution in [0.1, 0.15) is 20.3 Å². The summed E-state index contributed by atoms with van der Waals surface area (Å²) < 4.78 is 127. The summed E-state index contributed by atoms with van der Waals surface area (Å²) in [6.45, 7) is 7.04. The number of rotatable bonds is 8. The van der Waals surface area contributed by atoms with E-state index in [1.54, 1.807) is 21.3 Å². The van der Waals surface area contributed by atoms with Crippen molar-refractivity contribution in [1.29, 1.82) is 0 Å². The Hall–Kier alpha value is -0.503. The highest BCUT2D eigenvalue weighted by Gasteiger charge is 2.50. The first-order valence-electron chi connectivity index (χ1n) is 8.97. The zero-order valence-electron chi connectivity index (χ0n) is 18.3. The molecular weight excluding hydrogens is 514 g/mol. The average Bonchev–Trinajstić information content (AvgIpc) is 3.00. The van der Waals surface area contributed by atoms with Crippen molar-refractivity contribution in [1.82, 2.24) is 0 Å². The van der Waals surface area contributed by atoms with Crippen molar-refractivity contribution in [3.8, 4) is 0 Å². The molecule has 2 atom stereocenters. The zero-order chi connectivity index (χ0) is 25.8. The molecule has 0 spiro atoms. The number of halogens is 6. The fourth-order valence-corrected chi connectivity index (χ4v) is 6.86. The third-order valence-electron chi connectivity index (χ3n) is 4.95. The highest BCUT2D eigenvalue weighted by atomic mass is 32.3. The molecule has 0 aromatic rings. The van der Waals surface area contributed by atoms with Crippen LogP contribution >= 0.6 is 0 Å². The number of hydrogen-bond donors (Lipinski definition) is 0. The van der Waals surface area contributed by atoms with E-state index in [2.05, 4.69) is 20.9 Å². The lowest BCUT2D eigenvalue weighted by Gasteiger charge is -2.36. The van der Waals surface area contributed by atoms with E-state index >= 15 is 0 Å². The van der Waals surface area contributed by atoms with Crippen molar-refractivity contribution in [2.75, 3.05) is 47.6 Å². The first-order chi connectivity index (χ1) is 14.1. The second-order valence-electron chi connectivity index (χ2n) is 7.69. The van der Waals surface area contributed by atoms with Crippen LogP contribution in [0.25, 0.3) is 4.13 Å². The Balaban J connectivity index is 0.000000607. The molecule has 1 aliphatic heterocycles. The van der Waals surface area contributed by atoms with Crippen LogP contribution in [0.4, 0.5) is 26.3 Å². The molecule has 194 valence electrons. The molecule has 9 nitrogen and oxygen atoms in total. The second kappa shape index (κ2) is 10.8. The SMILES string of the molecule is CO[Si](C[N+]1(C)CCC(C(C)C)C1)(OC)OC.O=S(=O)([N-]S(=O)(=O)C(F)(F)F)C(F)(F)F. The summed E-state index contributed by atoms with van der Waals surface area (Å²) in [5.41, 5.74) is -12.4. The molecule has 0 bridgehead atoms. The van der Waals surface area contributed by atoms with E-state index in [1.807, 2.05) is 0 Å². The van der Waals surface area contributed by atoms with Gasteiger partial charge in [0.25, 0.3) is 0 Å². The number of nitrogens with zero attached hydrogens (tertiary/aromatic N) is 2. The van der Waals surface area contributed by atoms with Crippen LogP contribution in [0.5, 0.6) is 0 Å². The topological polar surface area (TPSA) is 110 Å². The van der Waals surface area contributed by atoms with Crippen molar-refractivity contribution in [2.45, 2.75) is 31.3 Å². The number of alkyl halides is 6. The molecule has 1 heterocycles. The minimum Gasteiger partial charge on any atom is -0.421 e. The van der Waals surface area contributed by atoms with Crippen molar-refractivity contribution in [3.63, 3.8) is 0 Å². The van der Waals surface area contributed by atoms with E-state index in [9.17, 15) is 43.2 Å². The van der Waals surface area contributed by atoms with E-state index in [-0.39, 0.29) is 0 Å². The van der Waals surface area contributed by atoms with Gasteiger partial charge in [-0.1, -0.05) is 13.8 Å². The fourth-order valence-electron chi connectivity index (χ4n) is 3.04. The molecule has 1 fully saturated rings. The molecule has 1 saturated heterocycles. The van der Waals surface area contributed by atoms with E-state index in [1.165, 1.54) is 19.5 Å². The summed E-state index contributed by atoms with van der Waals surface area (Å²) in [4.78, 5) is 0. The van der Waals surface area contributed by atoms with Crippen LogP contribution in [0.2, 0.25) is 0 Å². The number of quaternary nitrogens is 1. The van der Waals surface area contributed by atoms with Crippen LogP contribution in [0.15, 0.2) is 0 Å². The van der Waals surface area contributed by atoms with Crippen LogP contribution in [0.3, 0.4) is 0 Å². The molecular formula is C14H28F6N2O7S2Si. The Labute approximate surface area is 185 Å². The smallest absolute Gasteiger partial charge is 0.421 e. The average molecular weight is 543 g/mol. The molecule has 1 rings (SSSR count). The molecule has 0 radical (unpaired) electrons. The van der Waals surface area contributed by atoms with E-state index < -0.39 is 39.9 Å². The minimum absolute atomic E-state index is 0.763. The number of likely N-dealkylation sites (tertiary alicyclic amines) is 1. The van der Waals surface area contributed by atoms with Gasteiger partial charge in [-0.2, -0.15) is 26.3 Å². The standard InChI is InChI=1S/C12H28NO3Si.C2F6NO4S2/c1-11(2)12-7-8-13(3,9-12)10-17(14-4,15-5)16-6;3-1(4,5)14(10,11)9-15(12,13)2(6,7)8/h11-12H,7-10H2,1-6H3;/q+1;-1. The third kappa shape index (κ3) is 8.37. The summed E-state index contributed by atoms with van der Waals surface area (Å²) in [5.74, 6) is 1.58. The molecule has 0 aromatic carbocycles. The third-order valence-corrected chi connectivity index (χ3v) is 10.7. The first kappa shape index (κ1) is 31.5. The van der Waals surface area contributed by atoms with Gasteiger partial charge in [-0.05, 0) is 5.92 Å². The highest BCUT2D eigenvalue weighted by Crippen LogP contribution is 2.36. The Morgan fingerprint density at radius 3 is 1.56 bits per heavy atom. The van der Waals surface area contributed by atoms with Crippen molar-refractivity contribution in [3.05, 3.63) is 4.13 Å². The van der Waals surface area contributed by atoms with Crippen LogP contribution in [0, 0.1) is 11.8 Å². The van der Waals surface area contributed by atoms with Crippen LogP contribution < -0.4 is 0 Å². The highest BCUT2D eigenvalue weighted by molar-refractivity contribution is 8.13. The fraction of sp³-hybridized carbons (Fsp3) is 1.00. The van der Waals surface area contributed by atoms with Gasteiger partial charge >= 0.3 is 19.8 Å². The minimum atomic E-state index is -6.72. The van der Waals surface area contributed by atoms with Gasteiger partial charge in [0.1, 0.15) is 6.17 Å². The van der Waals surface area contributed by atoms with E-state index in [0.717, 1.165) is 26.6 Å². The molecule has 32 heavy (non-hydrogen) atoms. The summed E-state index contributed by atoms with van der Waals surface area (Å²) in [5, 5.41) is 0. The van der Waals surface area contributed by atoms with Gasteiger partial charge in [0.2, 0.25) is 0 Å². The van der Waals surface area contributed by atoms with Gasteiger partial charge in [0.05, 0.1) is 20.1 Å². The molecule has 0 aliphatic carbocycles. The molecule has 0 N–H and O–H groups in total. The monoisotopic (exact) mass is 542 g/mol. The molecule has 18 heteroatoms. The maximum atomic E-state index is 11.4. The quantitative estimate of drug-likeness (QED) is 0.263. The van der Waals surface area contributed by atoms with Gasteiger partial charge in [0.15, 0.2) is 20.0 Å². The first-order valence-corrected chi connectivity index (χ1v) is 13.8. The van der Waals surface area contributed by atoms with Crippen molar-refractivity contribution in [2.24, 2.45) is 11.8 Å². The summed E-state index contributed by atoms with van der Waals surface area (Å²) in [6, 6.07) is 0. The van der Waals surface area contributed by atoms with Crippen LogP contribution in [-0.4, -0.2) is 88.8 Å². The number of sulfonamides is 2. The lowest BCUT2D eigenvalue weighted by molar-refractivity contribution is -0.891. The molecule has 1 aliphatic rings. The zero-order valence-corrected chi connectivity index (χ0v) is 21.0. The van der Waals surface area contributed by atoms with Gasteiger partial charge in [-0.3, -0.25) is 0 Å². The molecule has 0 amide bonds. The van der Waals surface area contributed by atoms with Crippen molar-refractivity contribution < 1.29 is 60.9 Å². The van der Waals surface area contributed by atoms with E-state index in [0.29, 0.717) is 0 Å². The molecule has 0 aromatic heterocycles. The van der Waals surface area contributed by atoms with Crippen LogP contribution in [-0.2, 0) is 33.3 Å². The van der Waals surface area contributed by atoms with Crippen molar-refractivity contribution >= 4 is 28.9 Å². The molecule has 2 unspecified atom stereocenters. The Kier molecular flexibility index (Phi) is 10.7. The lowest BCUT2D eigenvalue weighted by atomic mass is 9.95. The summed E-state index contributed by atoms with van der Waals surface area (Å²) in [7, 11) is -8.51. The Morgan fingerprint density at radius 1 is 0.938 bits per heavy atom. The summed E-state index contributed by atoms with van der Waals surface area (Å²) >= 11 is 0. The summed E-state index contributed by atoms with van der Waals surface area (Å²) in [6.07, 6.45) is 2.18. The predicted octanol–water partition coefficient (Wildman–Crippen LogP) is 2.59. The number of hydrogen-bond acceptors (Lipinski definition) is 7. The molecule has 0 saturated carbocycles. The second-order valence-corrected chi connectivity index (χ2v) is 14.0. The maximum absolute atomic E-state index is 11.4.